The van der Waals surface area contributed by atoms with Crippen molar-refractivity contribution in [2.45, 2.75) is 19.5 Å². The predicted molar refractivity (Wildman–Crippen MR) is 111 cm³/mol. The smallest absolute Gasteiger partial charge is 0.255 e. The largest absolute Gasteiger partial charge is 0.385 e. The summed E-state index contributed by atoms with van der Waals surface area (Å²) in [6.45, 7) is 4.57. The number of anilines is 1. The Morgan fingerprint density at radius 3 is 2.82 bits per heavy atom. The van der Waals surface area contributed by atoms with E-state index in [1.807, 2.05) is 18.2 Å². The lowest BCUT2D eigenvalue weighted by molar-refractivity contribution is 0.102. The number of benzene rings is 2. The second kappa shape index (κ2) is 8.31. The molecule has 0 fully saturated rings. The van der Waals surface area contributed by atoms with Gasteiger partial charge < -0.3 is 14.6 Å². The Labute approximate surface area is 169 Å². The number of nitrogens with zero attached hydrogens (tertiary/aromatic N) is 3. The molecule has 2 aromatic carbocycles. The highest BCUT2D eigenvalue weighted by Crippen LogP contribution is 2.24. The molecule has 0 atom stereocenters. The van der Waals surface area contributed by atoms with Crippen molar-refractivity contribution in [3.05, 3.63) is 58.9 Å². The van der Waals surface area contributed by atoms with Crippen LogP contribution in [-0.4, -0.2) is 47.2 Å². The van der Waals surface area contributed by atoms with Crippen molar-refractivity contribution < 1.29 is 9.53 Å². The summed E-state index contributed by atoms with van der Waals surface area (Å²) in [5.41, 5.74) is 3.32. The van der Waals surface area contributed by atoms with Gasteiger partial charge in [-0.25, -0.2) is 4.98 Å². The maximum atomic E-state index is 12.4. The fourth-order valence-electron chi connectivity index (χ4n) is 3.58. The Balaban J connectivity index is 1.49. The van der Waals surface area contributed by atoms with Crippen molar-refractivity contribution in [2.75, 3.05) is 32.1 Å². The zero-order valence-corrected chi connectivity index (χ0v) is 16.6. The van der Waals surface area contributed by atoms with E-state index < -0.39 is 0 Å². The molecule has 1 aromatic heterocycles. The lowest BCUT2D eigenvalue weighted by Crippen LogP contribution is -2.34. The Morgan fingerprint density at radius 2 is 2.04 bits per heavy atom. The molecule has 1 amide bonds. The van der Waals surface area contributed by atoms with E-state index in [4.69, 9.17) is 21.3 Å². The van der Waals surface area contributed by atoms with Crippen molar-refractivity contribution in [2.24, 2.45) is 0 Å². The van der Waals surface area contributed by atoms with Gasteiger partial charge in [0.15, 0.2) is 0 Å². The van der Waals surface area contributed by atoms with Crippen LogP contribution in [0.5, 0.6) is 0 Å². The summed E-state index contributed by atoms with van der Waals surface area (Å²) in [7, 11) is 1.74. The van der Waals surface area contributed by atoms with Crippen LogP contribution in [0.25, 0.3) is 11.0 Å². The number of fused-ring (bicyclic) bond motifs is 3. The second-order valence-corrected chi connectivity index (χ2v) is 7.40. The van der Waals surface area contributed by atoms with Crippen LogP contribution < -0.4 is 5.32 Å². The third-order valence-electron chi connectivity index (χ3n) is 5.02. The van der Waals surface area contributed by atoms with Gasteiger partial charge in [-0.1, -0.05) is 11.6 Å². The van der Waals surface area contributed by atoms with E-state index in [0.717, 1.165) is 61.8 Å². The maximum Gasteiger partial charge on any atom is 0.255 e. The SMILES string of the molecule is COCCCN1CCn2c(nc3cc(NC(=O)c4ccc(Cl)cc4)ccc32)C1. The Morgan fingerprint density at radius 1 is 1.21 bits per heavy atom. The van der Waals surface area contributed by atoms with Gasteiger partial charge in [0.1, 0.15) is 5.82 Å². The fraction of sp³-hybridized carbons (Fsp3) is 0.333. The van der Waals surface area contributed by atoms with E-state index in [1.54, 1.807) is 31.4 Å². The molecule has 28 heavy (non-hydrogen) atoms. The number of carbonyl (C=O) groups is 1. The van der Waals surface area contributed by atoms with Gasteiger partial charge in [-0.3, -0.25) is 9.69 Å². The number of nitrogens with one attached hydrogen (secondary N) is 1. The van der Waals surface area contributed by atoms with E-state index in [-0.39, 0.29) is 5.91 Å². The molecule has 0 spiro atoms. The summed E-state index contributed by atoms with van der Waals surface area (Å²) >= 11 is 5.89. The van der Waals surface area contributed by atoms with Gasteiger partial charge in [-0.05, 0) is 48.9 Å². The molecule has 0 radical (unpaired) electrons. The molecular weight excluding hydrogens is 376 g/mol. The highest BCUT2D eigenvalue weighted by Gasteiger charge is 2.20. The number of ether oxygens (including phenoxy) is 1. The molecule has 6 nitrogen and oxygen atoms in total. The molecule has 0 bridgehead atoms. The molecule has 1 aliphatic heterocycles. The van der Waals surface area contributed by atoms with Gasteiger partial charge in [0.2, 0.25) is 0 Å². The number of amides is 1. The van der Waals surface area contributed by atoms with Gasteiger partial charge in [-0.2, -0.15) is 0 Å². The third kappa shape index (κ3) is 4.04. The van der Waals surface area contributed by atoms with E-state index in [1.165, 1.54) is 0 Å². The third-order valence-corrected chi connectivity index (χ3v) is 5.27. The summed E-state index contributed by atoms with van der Waals surface area (Å²) in [6, 6.07) is 12.7. The number of hydrogen-bond acceptors (Lipinski definition) is 4. The van der Waals surface area contributed by atoms with Crippen LogP contribution in [0.4, 0.5) is 5.69 Å². The van der Waals surface area contributed by atoms with Gasteiger partial charge in [-0.15, -0.1) is 0 Å². The molecule has 0 saturated heterocycles. The molecule has 0 aliphatic carbocycles. The minimum Gasteiger partial charge on any atom is -0.385 e. The number of aromatic nitrogens is 2. The van der Waals surface area contributed by atoms with Gasteiger partial charge in [0, 0.05) is 49.6 Å². The Bertz CT molecular complexity index is 984. The average Bonchev–Trinajstić information content (AvgIpc) is 3.05. The van der Waals surface area contributed by atoms with E-state index in [2.05, 4.69) is 14.8 Å². The number of imidazole rings is 1. The number of rotatable bonds is 6. The lowest BCUT2D eigenvalue weighted by Gasteiger charge is -2.27. The summed E-state index contributed by atoms with van der Waals surface area (Å²) in [5, 5.41) is 3.55. The quantitative estimate of drug-likeness (QED) is 0.642. The molecule has 4 rings (SSSR count). The lowest BCUT2D eigenvalue weighted by atomic mass is 10.2. The monoisotopic (exact) mass is 398 g/mol. The predicted octanol–water partition coefficient (Wildman–Crippen LogP) is 3.79. The number of hydrogen-bond donors (Lipinski definition) is 1. The van der Waals surface area contributed by atoms with Crippen molar-refractivity contribution in [3.63, 3.8) is 0 Å². The first-order valence-electron chi connectivity index (χ1n) is 9.41. The Kier molecular flexibility index (Phi) is 5.62. The number of halogens is 1. The number of carbonyl (C=O) groups excluding carboxylic acids is 1. The summed E-state index contributed by atoms with van der Waals surface area (Å²) < 4.78 is 7.42. The first kappa shape index (κ1) is 18.9. The maximum absolute atomic E-state index is 12.4. The van der Waals surface area contributed by atoms with Crippen LogP contribution in [0, 0.1) is 0 Å². The first-order chi connectivity index (χ1) is 13.6. The van der Waals surface area contributed by atoms with E-state index in [0.29, 0.717) is 10.6 Å². The number of methoxy groups -OCH3 is 1. The highest BCUT2D eigenvalue weighted by molar-refractivity contribution is 6.30. The van der Waals surface area contributed by atoms with Crippen molar-refractivity contribution >= 4 is 34.2 Å². The van der Waals surface area contributed by atoms with Crippen LogP contribution in [0.15, 0.2) is 42.5 Å². The van der Waals surface area contributed by atoms with Crippen molar-refractivity contribution in [1.82, 2.24) is 14.5 Å². The molecule has 7 heteroatoms. The topological polar surface area (TPSA) is 59.4 Å². The molecule has 0 saturated carbocycles. The van der Waals surface area contributed by atoms with Gasteiger partial charge >= 0.3 is 0 Å². The zero-order valence-electron chi connectivity index (χ0n) is 15.8. The zero-order chi connectivity index (χ0) is 19.5. The van der Waals surface area contributed by atoms with E-state index >= 15 is 0 Å². The molecule has 1 aliphatic rings. The van der Waals surface area contributed by atoms with Gasteiger partial charge in [0.25, 0.3) is 5.91 Å². The standard InChI is InChI=1S/C21H23ClN4O2/c1-28-12-2-9-25-10-11-26-19-8-7-17(13-18(19)24-20(26)14-25)23-21(27)15-3-5-16(22)6-4-15/h3-8,13H,2,9-12,14H2,1H3,(H,23,27). The first-order valence-corrected chi connectivity index (χ1v) is 9.79. The fourth-order valence-corrected chi connectivity index (χ4v) is 3.70. The summed E-state index contributed by atoms with van der Waals surface area (Å²) in [6.07, 6.45) is 1.03. The van der Waals surface area contributed by atoms with Crippen LogP contribution in [0.1, 0.15) is 22.6 Å². The minimum absolute atomic E-state index is 0.163. The van der Waals surface area contributed by atoms with Crippen LogP contribution in [0.3, 0.4) is 0 Å². The molecule has 3 aromatic rings. The summed E-state index contributed by atoms with van der Waals surface area (Å²) in [4.78, 5) is 19.6. The van der Waals surface area contributed by atoms with Crippen molar-refractivity contribution in [1.29, 1.82) is 0 Å². The molecule has 0 unspecified atom stereocenters. The summed E-state index contributed by atoms with van der Waals surface area (Å²) in [5.74, 6) is 0.907. The molecule has 146 valence electrons. The van der Waals surface area contributed by atoms with Crippen LogP contribution in [0.2, 0.25) is 5.02 Å². The van der Waals surface area contributed by atoms with Crippen LogP contribution >= 0.6 is 11.6 Å². The van der Waals surface area contributed by atoms with Gasteiger partial charge in [0.05, 0.1) is 17.6 Å². The molecule has 2 heterocycles. The second-order valence-electron chi connectivity index (χ2n) is 6.97. The van der Waals surface area contributed by atoms with E-state index in [9.17, 15) is 4.79 Å². The molecular formula is C21H23ClN4O2. The average molecular weight is 399 g/mol. The normalized spacial score (nSPS) is 14.2. The van der Waals surface area contributed by atoms with Crippen LogP contribution in [-0.2, 0) is 17.8 Å². The minimum atomic E-state index is -0.163. The Hall–Kier alpha value is -2.41. The van der Waals surface area contributed by atoms with Crippen molar-refractivity contribution in [3.8, 4) is 0 Å². The highest BCUT2D eigenvalue weighted by atomic mass is 35.5. The molecule has 1 N–H and O–H groups in total.